The molecular weight excluding hydrogens is 680 g/mol. The molecule has 10 nitrogen and oxygen atoms in total. The van der Waals surface area contributed by atoms with Crippen LogP contribution in [0.15, 0.2) is 22.4 Å². The molecule has 2 saturated heterocycles. The summed E-state index contributed by atoms with van der Waals surface area (Å²) < 4.78 is 63.0. The van der Waals surface area contributed by atoms with E-state index in [1.165, 1.54) is 23.5 Å². The van der Waals surface area contributed by atoms with Gasteiger partial charge in [-0.25, -0.2) is 37.5 Å². The van der Waals surface area contributed by atoms with Crippen LogP contribution in [0.1, 0.15) is 51.4 Å². The first-order valence-electron chi connectivity index (χ1n) is 16.0. The Bertz CT molecular complexity index is 1220. The molecule has 2 aromatic heterocycles. The summed E-state index contributed by atoms with van der Waals surface area (Å²) in [5.74, 6) is -2.81. The van der Waals surface area contributed by atoms with Gasteiger partial charge in [0.05, 0.1) is 26.4 Å². The summed E-state index contributed by atoms with van der Waals surface area (Å²) in [4.78, 5) is 19.5. The van der Waals surface area contributed by atoms with Gasteiger partial charge in [-0.2, -0.15) is 0 Å². The molecule has 17 heteroatoms. The Morgan fingerprint density at radius 2 is 1.21 bits per heavy atom. The number of thioether (sulfide) groups is 2. The Balaban J connectivity index is 0.000000184. The summed E-state index contributed by atoms with van der Waals surface area (Å²) in [6.07, 6.45) is 5.38. The third kappa shape index (κ3) is 13.5. The number of morpholine rings is 2. The minimum atomic E-state index is -2.51. The summed E-state index contributed by atoms with van der Waals surface area (Å²) >= 11 is 8.74. The standard InChI is InChI=1S/C15H22F2N4OS.C11H14ClF2N3S.C4H9NO/c1-23-14-19-12(18-11-2-4-15(16,17)5-3-11)10-13(20-14)21-6-8-22-9-7-21;1-18-10-16-8(12)6-9(17-10)15-7-2-4-11(13,14)5-3-7;1-3-6-4-2-5-1/h10-11H,2-9H2,1H3,(H,18,19,20);6-7H,2-5H2,1H3,(H,15,16,17);5H,1-4H2. The number of nitrogens with one attached hydrogen (secondary N) is 3. The highest BCUT2D eigenvalue weighted by Gasteiger charge is 2.36. The van der Waals surface area contributed by atoms with Crippen LogP contribution in [0.2, 0.25) is 5.15 Å². The van der Waals surface area contributed by atoms with Gasteiger partial charge in [-0.15, -0.1) is 0 Å². The van der Waals surface area contributed by atoms with Gasteiger partial charge in [0.1, 0.15) is 22.6 Å². The van der Waals surface area contributed by atoms with Crippen LogP contribution in [0.4, 0.5) is 35.0 Å². The van der Waals surface area contributed by atoms with E-state index in [-0.39, 0.29) is 37.8 Å². The highest BCUT2D eigenvalue weighted by Crippen LogP contribution is 2.35. The SMILES string of the molecule is C1COCCN1.CSc1nc(Cl)cc(NC2CCC(F)(F)CC2)n1.CSc1nc(NC2CCC(F)(F)CC2)cc(N2CCOCC2)n1. The second-order valence-corrected chi connectivity index (χ2v) is 13.6. The molecule has 264 valence electrons. The smallest absolute Gasteiger partial charge is 0.248 e. The zero-order valence-electron chi connectivity index (χ0n) is 26.9. The van der Waals surface area contributed by atoms with Crippen molar-refractivity contribution in [1.29, 1.82) is 0 Å². The molecule has 2 aliphatic heterocycles. The van der Waals surface area contributed by atoms with Crippen molar-refractivity contribution in [2.24, 2.45) is 0 Å². The number of hydrogen-bond donors (Lipinski definition) is 3. The minimum absolute atomic E-state index is 0.0327. The predicted octanol–water partition coefficient (Wildman–Crippen LogP) is 6.47. The van der Waals surface area contributed by atoms with E-state index < -0.39 is 11.8 Å². The monoisotopic (exact) mass is 724 g/mol. The zero-order chi connectivity index (χ0) is 33.7. The van der Waals surface area contributed by atoms with Gasteiger partial charge >= 0.3 is 0 Å². The van der Waals surface area contributed by atoms with E-state index >= 15 is 0 Å². The van der Waals surface area contributed by atoms with Gasteiger partial charge < -0.3 is 30.3 Å². The summed E-state index contributed by atoms with van der Waals surface area (Å²) in [6.45, 7) is 6.83. The van der Waals surface area contributed by atoms with Crippen LogP contribution in [0.3, 0.4) is 0 Å². The summed E-state index contributed by atoms with van der Waals surface area (Å²) in [5.41, 5.74) is 0. The van der Waals surface area contributed by atoms with Crippen LogP contribution >= 0.6 is 35.1 Å². The molecule has 0 radical (unpaired) electrons. The van der Waals surface area contributed by atoms with Gasteiger partial charge in [-0.1, -0.05) is 35.1 Å². The van der Waals surface area contributed by atoms with Gasteiger partial charge in [-0.3, -0.25) is 0 Å². The fraction of sp³-hybridized carbons (Fsp3) is 0.733. The van der Waals surface area contributed by atoms with Gasteiger partial charge in [0.25, 0.3) is 0 Å². The topological polar surface area (TPSA) is 109 Å². The second-order valence-electron chi connectivity index (χ2n) is 11.7. The van der Waals surface area contributed by atoms with Crippen LogP contribution in [0.25, 0.3) is 0 Å². The molecule has 3 N–H and O–H groups in total. The van der Waals surface area contributed by atoms with Gasteiger partial charge in [0.15, 0.2) is 10.3 Å². The van der Waals surface area contributed by atoms with E-state index in [9.17, 15) is 17.6 Å². The van der Waals surface area contributed by atoms with Crippen molar-refractivity contribution in [2.75, 3.05) is 80.7 Å². The van der Waals surface area contributed by atoms with Crippen molar-refractivity contribution in [2.45, 2.75) is 85.6 Å². The molecule has 0 aromatic carbocycles. The number of ether oxygens (including phenoxy) is 2. The largest absolute Gasteiger partial charge is 0.379 e. The number of halogens is 5. The second kappa shape index (κ2) is 18.8. The Kier molecular flexibility index (Phi) is 15.2. The van der Waals surface area contributed by atoms with Crippen LogP contribution in [-0.4, -0.2) is 109 Å². The van der Waals surface area contributed by atoms with E-state index in [2.05, 4.69) is 40.8 Å². The van der Waals surface area contributed by atoms with E-state index in [1.807, 2.05) is 18.6 Å². The van der Waals surface area contributed by atoms with Crippen molar-refractivity contribution < 1.29 is 27.0 Å². The lowest BCUT2D eigenvalue weighted by atomic mass is 9.92. The lowest BCUT2D eigenvalue weighted by Crippen LogP contribution is -2.37. The predicted molar refractivity (Wildman–Crippen MR) is 181 cm³/mol. The highest BCUT2D eigenvalue weighted by atomic mass is 35.5. The summed E-state index contributed by atoms with van der Waals surface area (Å²) in [7, 11) is 0. The Morgan fingerprint density at radius 1 is 0.745 bits per heavy atom. The zero-order valence-corrected chi connectivity index (χ0v) is 29.3. The van der Waals surface area contributed by atoms with Crippen LogP contribution in [-0.2, 0) is 9.47 Å². The average Bonchev–Trinajstić information content (AvgIpc) is 3.08. The van der Waals surface area contributed by atoms with E-state index in [0.717, 1.165) is 51.0 Å². The summed E-state index contributed by atoms with van der Waals surface area (Å²) in [6, 6.07) is 3.62. The quantitative estimate of drug-likeness (QED) is 0.126. The molecule has 2 aromatic rings. The summed E-state index contributed by atoms with van der Waals surface area (Å²) in [5, 5.41) is 11.3. The molecule has 4 aliphatic rings. The average molecular weight is 725 g/mol. The first kappa shape index (κ1) is 38.0. The first-order valence-corrected chi connectivity index (χ1v) is 18.8. The number of rotatable bonds is 7. The van der Waals surface area contributed by atoms with Crippen LogP contribution in [0.5, 0.6) is 0 Å². The van der Waals surface area contributed by atoms with Crippen molar-refractivity contribution in [3.63, 3.8) is 0 Å². The van der Waals surface area contributed by atoms with Crippen molar-refractivity contribution in [1.82, 2.24) is 25.3 Å². The molecule has 0 amide bonds. The van der Waals surface area contributed by atoms with Gasteiger partial charge in [0, 0.05) is 76.1 Å². The molecule has 47 heavy (non-hydrogen) atoms. The molecule has 0 bridgehead atoms. The van der Waals surface area contributed by atoms with Crippen LogP contribution < -0.4 is 20.9 Å². The number of hydrogen-bond acceptors (Lipinski definition) is 12. The fourth-order valence-electron chi connectivity index (χ4n) is 5.40. The molecule has 0 spiro atoms. The molecular formula is C30H45ClF4N8O2S2. The number of aromatic nitrogens is 4. The van der Waals surface area contributed by atoms with Gasteiger partial charge in [0.2, 0.25) is 11.8 Å². The third-order valence-electron chi connectivity index (χ3n) is 8.05. The van der Waals surface area contributed by atoms with E-state index in [1.54, 1.807) is 6.07 Å². The third-order valence-corrected chi connectivity index (χ3v) is 9.34. The lowest BCUT2D eigenvalue weighted by Gasteiger charge is -2.30. The molecule has 2 aliphatic carbocycles. The molecule has 2 saturated carbocycles. The normalized spacial score (nSPS) is 21.5. The molecule has 4 fully saturated rings. The molecule has 0 unspecified atom stereocenters. The Morgan fingerprint density at radius 3 is 1.66 bits per heavy atom. The lowest BCUT2D eigenvalue weighted by molar-refractivity contribution is -0.0366. The molecule has 4 heterocycles. The first-order chi connectivity index (χ1) is 22.5. The maximum absolute atomic E-state index is 13.3. The fourth-order valence-corrected chi connectivity index (χ4v) is 6.38. The maximum Gasteiger partial charge on any atom is 0.248 e. The van der Waals surface area contributed by atoms with Gasteiger partial charge in [-0.05, 0) is 38.2 Å². The maximum atomic E-state index is 13.3. The van der Waals surface area contributed by atoms with E-state index in [0.29, 0.717) is 60.2 Å². The minimum Gasteiger partial charge on any atom is -0.379 e. The van der Waals surface area contributed by atoms with Crippen molar-refractivity contribution in [3.05, 3.63) is 17.3 Å². The number of alkyl halides is 4. The highest BCUT2D eigenvalue weighted by molar-refractivity contribution is 7.98. The van der Waals surface area contributed by atoms with Crippen LogP contribution in [0, 0.1) is 0 Å². The Labute approximate surface area is 287 Å². The van der Waals surface area contributed by atoms with Crippen molar-refractivity contribution in [3.8, 4) is 0 Å². The Hall–Kier alpha value is -1.85. The number of nitrogens with zero attached hydrogens (tertiary/aromatic N) is 5. The van der Waals surface area contributed by atoms with E-state index in [4.69, 9.17) is 21.1 Å². The van der Waals surface area contributed by atoms with Crippen molar-refractivity contribution >= 4 is 52.6 Å². The molecule has 6 rings (SSSR count). The molecule has 0 atom stereocenters. The number of anilines is 3.